The van der Waals surface area contributed by atoms with Gasteiger partial charge in [-0.25, -0.2) is 0 Å². The van der Waals surface area contributed by atoms with Gasteiger partial charge < -0.3 is 0 Å². The Balaban J connectivity index is 1.68. The Morgan fingerprint density at radius 1 is 0.677 bits per heavy atom. The van der Waals surface area contributed by atoms with E-state index in [0.717, 1.165) is 39.7 Å². The van der Waals surface area contributed by atoms with Crippen molar-refractivity contribution in [3.05, 3.63) is 112 Å². The summed E-state index contributed by atoms with van der Waals surface area (Å²) in [5.74, 6) is 12.3. The highest BCUT2D eigenvalue weighted by Gasteiger charge is 2.29. The summed E-state index contributed by atoms with van der Waals surface area (Å²) in [6.45, 7) is 2.03. The highest BCUT2D eigenvalue weighted by molar-refractivity contribution is 5.89. The second-order valence-electron chi connectivity index (χ2n) is 7.00. The summed E-state index contributed by atoms with van der Waals surface area (Å²) in [6, 6.07) is 20.3. The van der Waals surface area contributed by atoms with Crippen LogP contribution in [-0.4, -0.2) is 4.98 Å². The Hall–Kier alpha value is -4.02. The van der Waals surface area contributed by atoms with Gasteiger partial charge in [-0.1, -0.05) is 41.4 Å². The van der Waals surface area contributed by atoms with E-state index in [4.69, 9.17) is 0 Å². The summed E-state index contributed by atoms with van der Waals surface area (Å²) in [5.41, 5.74) is 4.17. The number of pyridine rings is 1. The number of hydrogen-bond acceptors (Lipinski definition) is 1. The Morgan fingerprint density at radius 2 is 1.26 bits per heavy atom. The molecule has 0 unspecified atom stereocenters. The minimum atomic E-state index is -4.36. The Labute approximate surface area is 178 Å². The molecule has 0 aliphatic rings. The van der Waals surface area contributed by atoms with Crippen LogP contribution < -0.4 is 0 Å². The van der Waals surface area contributed by atoms with Gasteiger partial charge in [0.15, 0.2) is 0 Å². The van der Waals surface area contributed by atoms with Crippen molar-refractivity contribution in [1.29, 1.82) is 0 Å². The number of nitrogens with zero attached hydrogens (tertiary/aromatic N) is 1. The molecular weight excluding hydrogens is 395 g/mol. The molecule has 0 amide bonds. The standard InChI is InChI=1S/C27H16F3N/c1-19-4-6-20(7-5-19)9-13-23-15-14-22(25-3-2-18-31-26(23)25)12-8-21-10-16-24(17-11-21)27(28,29)30/h2-7,10-11,14-18H,1H3. The van der Waals surface area contributed by atoms with Crippen LogP contribution in [-0.2, 0) is 6.18 Å². The van der Waals surface area contributed by atoms with Gasteiger partial charge in [-0.2, -0.15) is 13.2 Å². The van der Waals surface area contributed by atoms with Gasteiger partial charge in [0.2, 0.25) is 0 Å². The van der Waals surface area contributed by atoms with Gasteiger partial charge >= 0.3 is 6.18 Å². The number of hydrogen-bond donors (Lipinski definition) is 0. The lowest BCUT2D eigenvalue weighted by molar-refractivity contribution is -0.137. The van der Waals surface area contributed by atoms with E-state index in [2.05, 4.69) is 28.7 Å². The third-order valence-corrected chi connectivity index (χ3v) is 4.72. The van der Waals surface area contributed by atoms with Crippen LogP contribution in [0.4, 0.5) is 13.2 Å². The van der Waals surface area contributed by atoms with Gasteiger partial charge in [0.25, 0.3) is 0 Å². The van der Waals surface area contributed by atoms with Crippen LogP contribution in [0.5, 0.6) is 0 Å². The van der Waals surface area contributed by atoms with Crippen molar-refractivity contribution in [1.82, 2.24) is 4.98 Å². The maximum atomic E-state index is 12.7. The monoisotopic (exact) mass is 411 g/mol. The zero-order chi connectivity index (χ0) is 21.8. The summed E-state index contributed by atoms with van der Waals surface area (Å²) in [5, 5.41) is 0.845. The van der Waals surface area contributed by atoms with Crippen LogP contribution in [0, 0.1) is 30.6 Å². The lowest BCUT2D eigenvalue weighted by Gasteiger charge is -2.05. The smallest absolute Gasteiger partial charge is 0.255 e. The molecule has 0 radical (unpaired) electrons. The maximum absolute atomic E-state index is 12.7. The summed E-state index contributed by atoms with van der Waals surface area (Å²) >= 11 is 0. The number of aromatic nitrogens is 1. The lowest BCUT2D eigenvalue weighted by atomic mass is 10.0. The van der Waals surface area contributed by atoms with Crippen molar-refractivity contribution in [2.75, 3.05) is 0 Å². The number of halogens is 3. The Kier molecular flexibility index (Phi) is 5.48. The highest BCUT2D eigenvalue weighted by Crippen LogP contribution is 2.29. The predicted octanol–water partition coefficient (Wildman–Crippen LogP) is 6.36. The van der Waals surface area contributed by atoms with Crippen LogP contribution in [0.2, 0.25) is 0 Å². The van der Waals surface area contributed by atoms with Gasteiger partial charge in [0.05, 0.1) is 16.6 Å². The molecule has 0 aliphatic heterocycles. The molecule has 31 heavy (non-hydrogen) atoms. The molecule has 0 bridgehead atoms. The van der Waals surface area contributed by atoms with E-state index >= 15 is 0 Å². The second-order valence-corrected chi connectivity index (χ2v) is 7.00. The van der Waals surface area contributed by atoms with Gasteiger partial charge in [-0.15, -0.1) is 0 Å². The van der Waals surface area contributed by atoms with Crippen LogP contribution in [0.3, 0.4) is 0 Å². The average molecular weight is 411 g/mol. The van der Waals surface area contributed by atoms with Crippen molar-refractivity contribution < 1.29 is 13.2 Å². The summed E-state index contributed by atoms with van der Waals surface area (Å²) in [7, 11) is 0. The molecular formula is C27H16F3N. The Bertz CT molecular complexity index is 1360. The zero-order valence-electron chi connectivity index (χ0n) is 16.6. The van der Waals surface area contributed by atoms with E-state index in [0.29, 0.717) is 5.56 Å². The topological polar surface area (TPSA) is 12.9 Å². The molecule has 4 aromatic rings. The molecule has 0 saturated heterocycles. The van der Waals surface area contributed by atoms with Gasteiger partial charge in [-0.05, 0) is 67.6 Å². The fourth-order valence-electron chi connectivity index (χ4n) is 3.04. The molecule has 4 rings (SSSR count). The normalized spacial score (nSPS) is 10.7. The minimum Gasteiger partial charge on any atom is -0.255 e. The van der Waals surface area contributed by atoms with Crippen LogP contribution in [0.1, 0.15) is 33.4 Å². The molecule has 0 atom stereocenters. The molecule has 0 aliphatic carbocycles. The number of benzene rings is 3. The number of rotatable bonds is 0. The van der Waals surface area contributed by atoms with E-state index in [9.17, 15) is 13.2 Å². The zero-order valence-corrected chi connectivity index (χ0v) is 16.6. The van der Waals surface area contributed by atoms with Crippen molar-refractivity contribution >= 4 is 10.9 Å². The molecule has 4 heteroatoms. The van der Waals surface area contributed by atoms with Crippen molar-refractivity contribution in [3.63, 3.8) is 0 Å². The van der Waals surface area contributed by atoms with Crippen LogP contribution >= 0.6 is 0 Å². The number of fused-ring (bicyclic) bond motifs is 1. The van der Waals surface area contributed by atoms with Gasteiger partial charge in [-0.3, -0.25) is 4.98 Å². The third kappa shape index (κ3) is 4.77. The van der Waals surface area contributed by atoms with E-state index in [-0.39, 0.29) is 0 Å². The number of aryl methyl sites for hydroxylation is 1. The first-order chi connectivity index (χ1) is 14.9. The molecule has 1 heterocycles. The molecule has 0 saturated carbocycles. The first kappa shape index (κ1) is 20.3. The fourth-order valence-corrected chi connectivity index (χ4v) is 3.04. The maximum Gasteiger partial charge on any atom is 0.416 e. The molecule has 1 nitrogen and oxygen atoms in total. The second kappa shape index (κ2) is 8.38. The van der Waals surface area contributed by atoms with Crippen molar-refractivity contribution in [2.24, 2.45) is 0 Å². The average Bonchev–Trinajstić information content (AvgIpc) is 2.77. The molecule has 0 spiro atoms. The first-order valence-corrected chi connectivity index (χ1v) is 9.56. The fraction of sp³-hybridized carbons (Fsp3) is 0.0741. The van der Waals surface area contributed by atoms with Gasteiger partial charge in [0, 0.05) is 28.3 Å². The predicted molar refractivity (Wildman–Crippen MR) is 116 cm³/mol. The number of alkyl halides is 3. The van der Waals surface area contributed by atoms with Crippen LogP contribution in [0.15, 0.2) is 79.0 Å². The summed E-state index contributed by atoms with van der Waals surface area (Å²) in [6.07, 6.45) is -2.66. The Morgan fingerprint density at radius 3 is 1.90 bits per heavy atom. The molecule has 3 aromatic carbocycles. The summed E-state index contributed by atoms with van der Waals surface area (Å²) in [4.78, 5) is 4.47. The largest absolute Gasteiger partial charge is 0.416 e. The summed E-state index contributed by atoms with van der Waals surface area (Å²) < 4.78 is 38.2. The first-order valence-electron chi connectivity index (χ1n) is 9.56. The lowest BCUT2D eigenvalue weighted by Crippen LogP contribution is -2.04. The quantitative estimate of drug-likeness (QED) is 0.307. The SMILES string of the molecule is Cc1ccc(C#Cc2ccc(C#Cc3ccc(C(F)(F)F)cc3)c3cccnc23)cc1. The molecule has 0 N–H and O–H groups in total. The van der Waals surface area contributed by atoms with Crippen LogP contribution in [0.25, 0.3) is 10.9 Å². The third-order valence-electron chi connectivity index (χ3n) is 4.72. The van der Waals surface area contributed by atoms with Crippen molar-refractivity contribution in [2.45, 2.75) is 13.1 Å². The molecule has 150 valence electrons. The minimum absolute atomic E-state index is 0.508. The van der Waals surface area contributed by atoms with Gasteiger partial charge in [0.1, 0.15) is 0 Å². The highest BCUT2D eigenvalue weighted by atomic mass is 19.4. The van der Waals surface area contributed by atoms with Crippen molar-refractivity contribution in [3.8, 4) is 23.7 Å². The molecule has 0 fully saturated rings. The molecule has 1 aromatic heterocycles. The van der Waals surface area contributed by atoms with E-state index in [1.54, 1.807) is 6.20 Å². The van der Waals surface area contributed by atoms with E-state index in [1.165, 1.54) is 17.7 Å². The van der Waals surface area contributed by atoms with E-state index in [1.807, 2.05) is 55.5 Å². The van der Waals surface area contributed by atoms with E-state index < -0.39 is 11.7 Å².